The highest BCUT2D eigenvalue weighted by Crippen LogP contribution is 2.33. The van der Waals surface area contributed by atoms with Crippen molar-refractivity contribution in [3.8, 4) is 11.5 Å². The lowest BCUT2D eigenvalue weighted by molar-refractivity contribution is 0.0728. The van der Waals surface area contributed by atoms with E-state index >= 15 is 0 Å². The molecule has 7 heteroatoms. The molecule has 0 bridgehead atoms. The molecule has 2 N–H and O–H groups in total. The SMILES string of the molecule is COc1cc2c(cc1OC)CN(C(=O)c1coc(N)n1)CC2. The Balaban J connectivity index is 1.85. The zero-order chi connectivity index (χ0) is 15.7. The zero-order valence-corrected chi connectivity index (χ0v) is 12.5. The summed E-state index contributed by atoms with van der Waals surface area (Å²) in [5.41, 5.74) is 7.83. The molecule has 0 atom stereocenters. The van der Waals surface area contributed by atoms with Crippen LogP contribution in [0.3, 0.4) is 0 Å². The number of methoxy groups -OCH3 is 2. The molecule has 1 amide bonds. The Kier molecular flexibility index (Phi) is 3.62. The monoisotopic (exact) mass is 303 g/mol. The first-order chi connectivity index (χ1) is 10.6. The highest BCUT2D eigenvalue weighted by molar-refractivity contribution is 5.92. The van der Waals surface area contributed by atoms with E-state index in [1.807, 2.05) is 12.1 Å². The number of nitrogen functional groups attached to an aromatic ring is 1. The van der Waals surface area contributed by atoms with Gasteiger partial charge < -0.3 is 24.5 Å². The van der Waals surface area contributed by atoms with E-state index in [4.69, 9.17) is 19.6 Å². The van der Waals surface area contributed by atoms with Crippen LogP contribution in [0.4, 0.5) is 6.01 Å². The molecule has 0 spiro atoms. The number of hydrogen-bond donors (Lipinski definition) is 1. The molecule has 2 heterocycles. The fourth-order valence-corrected chi connectivity index (χ4v) is 2.60. The summed E-state index contributed by atoms with van der Waals surface area (Å²) in [4.78, 5) is 18.0. The number of nitrogens with zero attached hydrogens (tertiary/aromatic N) is 2. The van der Waals surface area contributed by atoms with Crippen molar-refractivity contribution in [1.82, 2.24) is 9.88 Å². The number of anilines is 1. The minimum Gasteiger partial charge on any atom is -0.493 e. The van der Waals surface area contributed by atoms with E-state index in [1.54, 1.807) is 19.1 Å². The first-order valence-corrected chi connectivity index (χ1v) is 6.86. The van der Waals surface area contributed by atoms with Crippen LogP contribution in [0.2, 0.25) is 0 Å². The highest BCUT2D eigenvalue weighted by Gasteiger charge is 2.25. The van der Waals surface area contributed by atoms with Gasteiger partial charge in [-0.2, -0.15) is 4.98 Å². The number of carbonyl (C=O) groups is 1. The topological polar surface area (TPSA) is 90.8 Å². The van der Waals surface area contributed by atoms with Gasteiger partial charge in [0.2, 0.25) is 0 Å². The summed E-state index contributed by atoms with van der Waals surface area (Å²) in [6.45, 7) is 1.09. The summed E-state index contributed by atoms with van der Waals surface area (Å²) in [7, 11) is 3.20. The fourth-order valence-electron chi connectivity index (χ4n) is 2.60. The maximum atomic E-state index is 12.4. The summed E-state index contributed by atoms with van der Waals surface area (Å²) in [5.74, 6) is 1.16. The third-order valence-electron chi connectivity index (χ3n) is 3.75. The molecule has 0 aliphatic carbocycles. The number of ether oxygens (including phenoxy) is 2. The molecular weight excluding hydrogens is 286 g/mol. The summed E-state index contributed by atoms with van der Waals surface area (Å²) in [6.07, 6.45) is 2.02. The van der Waals surface area contributed by atoms with Crippen molar-refractivity contribution in [3.05, 3.63) is 35.2 Å². The van der Waals surface area contributed by atoms with Crippen molar-refractivity contribution in [2.75, 3.05) is 26.5 Å². The molecule has 116 valence electrons. The molecule has 0 fully saturated rings. The lowest BCUT2D eigenvalue weighted by atomic mass is 9.98. The Morgan fingerprint density at radius 2 is 1.95 bits per heavy atom. The minimum absolute atomic E-state index is 0.00725. The number of nitrogens with two attached hydrogens (primary N) is 1. The summed E-state index contributed by atoms with van der Waals surface area (Å²) >= 11 is 0. The molecule has 0 unspecified atom stereocenters. The van der Waals surface area contributed by atoms with Gasteiger partial charge in [-0.25, -0.2) is 0 Å². The molecule has 1 aliphatic heterocycles. The number of fused-ring (bicyclic) bond motifs is 1. The van der Waals surface area contributed by atoms with Crippen LogP contribution in [0, 0.1) is 0 Å². The molecule has 0 radical (unpaired) electrons. The maximum absolute atomic E-state index is 12.4. The lowest BCUT2D eigenvalue weighted by Gasteiger charge is -2.29. The van der Waals surface area contributed by atoms with Crippen molar-refractivity contribution in [3.63, 3.8) is 0 Å². The minimum atomic E-state index is -0.194. The van der Waals surface area contributed by atoms with E-state index in [1.165, 1.54) is 6.26 Å². The third kappa shape index (κ3) is 2.45. The molecule has 0 saturated carbocycles. The van der Waals surface area contributed by atoms with Gasteiger partial charge in [0.1, 0.15) is 6.26 Å². The smallest absolute Gasteiger partial charge is 0.292 e. The normalized spacial score (nSPS) is 13.6. The largest absolute Gasteiger partial charge is 0.493 e. The predicted octanol–water partition coefficient (Wildman–Crippen LogP) is 1.47. The van der Waals surface area contributed by atoms with Crippen LogP contribution in [0.25, 0.3) is 0 Å². The van der Waals surface area contributed by atoms with Gasteiger partial charge in [0.05, 0.1) is 14.2 Å². The van der Waals surface area contributed by atoms with Gasteiger partial charge in [0, 0.05) is 13.1 Å². The molecule has 3 rings (SSSR count). The van der Waals surface area contributed by atoms with Crippen LogP contribution in [-0.2, 0) is 13.0 Å². The van der Waals surface area contributed by atoms with Gasteiger partial charge in [-0.15, -0.1) is 0 Å². The number of rotatable bonds is 3. The molecule has 22 heavy (non-hydrogen) atoms. The molecule has 1 aliphatic rings. The van der Waals surface area contributed by atoms with Crippen molar-refractivity contribution >= 4 is 11.9 Å². The van der Waals surface area contributed by atoms with Crippen molar-refractivity contribution in [2.24, 2.45) is 0 Å². The third-order valence-corrected chi connectivity index (χ3v) is 3.75. The first-order valence-electron chi connectivity index (χ1n) is 6.86. The number of aromatic nitrogens is 1. The fraction of sp³-hybridized carbons (Fsp3) is 0.333. The van der Waals surface area contributed by atoms with Crippen LogP contribution < -0.4 is 15.2 Å². The van der Waals surface area contributed by atoms with Crippen LogP contribution in [0.15, 0.2) is 22.8 Å². The van der Waals surface area contributed by atoms with Gasteiger partial charge in [-0.1, -0.05) is 0 Å². The Labute approximate surface area is 127 Å². The Morgan fingerprint density at radius 1 is 1.27 bits per heavy atom. The van der Waals surface area contributed by atoms with Gasteiger partial charge in [-0.05, 0) is 29.7 Å². The van der Waals surface area contributed by atoms with Crippen LogP contribution in [0.1, 0.15) is 21.6 Å². The van der Waals surface area contributed by atoms with Gasteiger partial charge in [0.25, 0.3) is 11.9 Å². The molecule has 1 aromatic heterocycles. The zero-order valence-electron chi connectivity index (χ0n) is 12.5. The molecule has 0 saturated heterocycles. The lowest BCUT2D eigenvalue weighted by Crippen LogP contribution is -2.36. The van der Waals surface area contributed by atoms with Crippen LogP contribution >= 0.6 is 0 Å². The van der Waals surface area contributed by atoms with E-state index in [0.717, 1.165) is 17.5 Å². The van der Waals surface area contributed by atoms with Gasteiger partial charge in [0.15, 0.2) is 17.2 Å². The number of hydrogen-bond acceptors (Lipinski definition) is 6. The average molecular weight is 303 g/mol. The predicted molar refractivity (Wildman–Crippen MR) is 78.9 cm³/mol. The van der Waals surface area contributed by atoms with Crippen molar-refractivity contribution in [2.45, 2.75) is 13.0 Å². The standard InChI is InChI=1S/C15H17N3O4/c1-20-12-5-9-3-4-18(7-10(9)6-13(12)21-2)14(19)11-8-22-15(16)17-11/h5-6,8H,3-4,7H2,1-2H3,(H2,16,17). The maximum Gasteiger partial charge on any atom is 0.292 e. The van der Waals surface area contributed by atoms with Crippen molar-refractivity contribution < 1.29 is 18.7 Å². The Bertz CT molecular complexity index is 711. The molecule has 7 nitrogen and oxygen atoms in total. The Hall–Kier alpha value is -2.70. The number of amides is 1. The summed E-state index contributed by atoms with van der Waals surface area (Å²) in [5, 5.41) is 0. The summed E-state index contributed by atoms with van der Waals surface area (Å²) in [6, 6.07) is 3.86. The second kappa shape index (κ2) is 5.59. The molecule has 1 aromatic carbocycles. The van der Waals surface area contributed by atoms with Gasteiger partial charge >= 0.3 is 0 Å². The first kappa shape index (κ1) is 14.2. The van der Waals surface area contributed by atoms with E-state index in [9.17, 15) is 4.79 Å². The molecular formula is C15H17N3O4. The second-order valence-electron chi connectivity index (χ2n) is 5.02. The second-order valence-corrected chi connectivity index (χ2v) is 5.02. The molecule has 2 aromatic rings. The quantitative estimate of drug-likeness (QED) is 0.923. The highest BCUT2D eigenvalue weighted by atomic mass is 16.5. The van der Waals surface area contributed by atoms with Gasteiger partial charge in [-0.3, -0.25) is 4.79 Å². The van der Waals surface area contributed by atoms with E-state index < -0.39 is 0 Å². The summed E-state index contributed by atoms with van der Waals surface area (Å²) < 4.78 is 15.5. The van der Waals surface area contributed by atoms with Crippen molar-refractivity contribution in [1.29, 1.82) is 0 Å². The van der Waals surface area contributed by atoms with E-state index in [2.05, 4.69) is 4.98 Å². The Morgan fingerprint density at radius 3 is 2.55 bits per heavy atom. The van der Waals surface area contributed by atoms with E-state index in [-0.39, 0.29) is 17.6 Å². The number of oxazole rings is 1. The van der Waals surface area contributed by atoms with E-state index in [0.29, 0.717) is 24.6 Å². The number of carbonyl (C=O) groups excluding carboxylic acids is 1. The van der Waals surface area contributed by atoms with Crippen LogP contribution in [0.5, 0.6) is 11.5 Å². The number of benzene rings is 1. The van der Waals surface area contributed by atoms with Crippen LogP contribution in [-0.4, -0.2) is 36.6 Å². The average Bonchev–Trinajstić information content (AvgIpc) is 2.98.